The van der Waals surface area contributed by atoms with Gasteiger partial charge in [0.25, 0.3) is 0 Å². The Morgan fingerprint density at radius 1 is 1.03 bits per heavy atom. The first-order chi connectivity index (χ1) is 17.8. The number of nitrogens with zero attached hydrogens (tertiary/aromatic N) is 6. The molecule has 192 valence electrons. The molecule has 1 N–H and O–H groups in total. The van der Waals surface area contributed by atoms with Crippen molar-refractivity contribution >= 4 is 28.9 Å². The van der Waals surface area contributed by atoms with Gasteiger partial charge in [0.05, 0.1) is 11.7 Å². The molecule has 7 nitrogen and oxygen atoms in total. The first kappa shape index (κ1) is 25.0. The summed E-state index contributed by atoms with van der Waals surface area (Å²) in [6, 6.07) is 6.88. The van der Waals surface area contributed by atoms with Gasteiger partial charge in [-0.25, -0.2) is 28.7 Å². The van der Waals surface area contributed by atoms with Crippen LogP contribution in [-0.2, 0) is 0 Å². The van der Waals surface area contributed by atoms with E-state index in [1.54, 1.807) is 12.3 Å². The highest BCUT2D eigenvalue weighted by atomic mass is 19.1. The van der Waals surface area contributed by atoms with Crippen LogP contribution in [0.15, 0.2) is 42.2 Å². The number of hydrogen-bond acceptors (Lipinski definition) is 6. The van der Waals surface area contributed by atoms with Crippen LogP contribution in [0.4, 0.5) is 20.5 Å². The number of aromatic nitrogens is 5. The number of fused-ring (bicyclic) bond motifs is 1. The largest absolute Gasteiger partial charge is 0.326 e. The fourth-order valence-corrected chi connectivity index (χ4v) is 4.90. The first-order valence-corrected chi connectivity index (χ1v) is 12.7. The Balaban J connectivity index is 1.38. The predicted octanol–water partition coefficient (Wildman–Crippen LogP) is 6.30. The van der Waals surface area contributed by atoms with Crippen molar-refractivity contribution < 1.29 is 8.78 Å². The SMILES string of the molecule is CCN1CCC(=Cc2ccc(Nc3ncc(F)c(-c4cc(F)c5nc(C)n(C(C)C)c5c4)n3)nc2)CC1. The van der Waals surface area contributed by atoms with Crippen molar-refractivity contribution in [3.8, 4) is 11.3 Å². The number of pyridine rings is 1. The molecule has 4 heterocycles. The normalized spacial score (nSPS) is 14.5. The van der Waals surface area contributed by atoms with Gasteiger partial charge in [0, 0.05) is 30.9 Å². The van der Waals surface area contributed by atoms with Crippen LogP contribution in [0.3, 0.4) is 0 Å². The molecule has 0 radical (unpaired) electrons. The van der Waals surface area contributed by atoms with Crippen LogP contribution in [0.25, 0.3) is 28.4 Å². The highest BCUT2D eigenvalue weighted by Gasteiger charge is 2.18. The number of imidazole rings is 1. The van der Waals surface area contributed by atoms with Crippen molar-refractivity contribution in [2.45, 2.75) is 46.6 Å². The van der Waals surface area contributed by atoms with Gasteiger partial charge in [-0.1, -0.05) is 18.6 Å². The van der Waals surface area contributed by atoms with Gasteiger partial charge in [-0.3, -0.25) is 0 Å². The molecule has 0 spiro atoms. The molecule has 0 atom stereocenters. The van der Waals surface area contributed by atoms with E-state index in [-0.39, 0.29) is 23.2 Å². The molecule has 1 aliphatic heterocycles. The number of nitrogens with one attached hydrogen (secondary N) is 1. The predicted molar refractivity (Wildman–Crippen MR) is 143 cm³/mol. The maximum Gasteiger partial charge on any atom is 0.229 e. The third-order valence-corrected chi connectivity index (χ3v) is 6.80. The van der Waals surface area contributed by atoms with Gasteiger partial charge in [-0.05, 0) is 70.0 Å². The van der Waals surface area contributed by atoms with Gasteiger partial charge in [0.2, 0.25) is 5.95 Å². The zero-order valence-corrected chi connectivity index (χ0v) is 21.6. The minimum Gasteiger partial charge on any atom is -0.326 e. The smallest absolute Gasteiger partial charge is 0.229 e. The van der Waals surface area contributed by atoms with Crippen molar-refractivity contribution in [3.63, 3.8) is 0 Å². The zero-order valence-electron chi connectivity index (χ0n) is 21.6. The zero-order chi connectivity index (χ0) is 26.1. The minimum absolute atomic E-state index is 0.00670. The van der Waals surface area contributed by atoms with Crippen LogP contribution in [0.1, 0.15) is 51.0 Å². The summed E-state index contributed by atoms with van der Waals surface area (Å²) >= 11 is 0. The standard InChI is InChI=1S/C28H31F2N7/c1-5-36-10-8-19(9-11-36)12-20-6-7-25(31-15-20)34-28-32-16-23(30)26(35-28)21-13-22(29)27-24(14-21)37(17(2)3)18(4)33-27/h6-7,12-17H,5,8-11H2,1-4H3,(H,31,32,34,35). The maximum absolute atomic E-state index is 14.9. The molecule has 1 aromatic carbocycles. The molecular formula is C28H31F2N7. The van der Waals surface area contributed by atoms with Gasteiger partial charge in [0.1, 0.15) is 22.9 Å². The topological polar surface area (TPSA) is 71.8 Å². The molecule has 0 amide bonds. The summed E-state index contributed by atoms with van der Waals surface area (Å²) in [5.41, 5.74) is 3.65. The second-order valence-corrected chi connectivity index (χ2v) is 9.68. The van der Waals surface area contributed by atoms with Gasteiger partial charge in [-0.15, -0.1) is 0 Å². The Morgan fingerprint density at radius 2 is 1.81 bits per heavy atom. The molecule has 0 bridgehead atoms. The highest BCUT2D eigenvalue weighted by Crippen LogP contribution is 2.30. The average molecular weight is 504 g/mol. The number of halogens is 2. The summed E-state index contributed by atoms with van der Waals surface area (Å²) in [6.45, 7) is 11.3. The van der Waals surface area contributed by atoms with Crippen LogP contribution in [0.2, 0.25) is 0 Å². The molecule has 0 aliphatic carbocycles. The van der Waals surface area contributed by atoms with Gasteiger partial charge >= 0.3 is 0 Å². The molecule has 9 heteroatoms. The molecular weight excluding hydrogens is 472 g/mol. The average Bonchev–Trinajstić information content (AvgIpc) is 3.23. The molecule has 0 unspecified atom stereocenters. The highest BCUT2D eigenvalue weighted by molar-refractivity contribution is 5.83. The van der Waals surface area contributed by atoms with E-state index in [0.29, 0.717) is 22.7 Å². The molecule has 37 heavy (non-hydrogen) atoms. The summed E-state index contributed by atoms with van der Waals surface area (Å²) in [6.07, 6.45) is 7.22. The van der Waals surface area contributed by atoms with E-state index in [1.165, 1.54) is 11.6 Å². The second-order valence-electron chi connectivity index (χ2n) is 9.68. The van der Waals surface area contributed by atoms with E-state index < -0.39 is 11.6 Å². The molecule has 1 fully saturated rings. The van der Waals surface area contributed by atoms with Crippen molar-refractivity contribution in [1.29, 1.82) is 0 Å². The first-order valence-electron chi connectivity index (χ1n) is 12.7. The number of rotatable bonds is 6. The van der Waals surface area contributed by atoms with E-state index in [4.69, 9.17) is 0 Å². The lowest BCUT2D eigenvalue weighted by Crippen LogP contribution is -2.30. The summed E-state index contributed by atoms with van der Waals surface area (Å²) < 4.78 is 31.7. The van der Waals surface area contributed by atoms with Crippen LogP contribution in [0, 0.1) is 18.6 Å². The molecule has 0 saturated carbocycles. The summed E-state index contributed by atoms with van der Waals surface area (Å²) in [5, 5.41) is 3.03. The third-order valence-electron chi connectivity index (χ3n) is 6.80. The van der Waals surface area contributed by atoms with Crippen molar-refractivity contribution in [2.24, 2.45) is 0 Å². The Hall–Kier alpha value is -3.72. The number of likely N-dealkylation sites (tertiary alicyclic amines) is 1. The lowest BCUT2D eigenvalue weighted by atomic mass is 10.0. The van der Waals surface area contributed by atoms with Gasteiger partial charge in [-0.2, -0.15) is 0 Å². The second kappa shape index (κ2) is 10.3. The molecule has 4 aromatic rings. The van der Waals surface area contributed by atoms with Crippen LogP contribution >= 0.6 is 0 Å². The monoisotopic (exact) mass is 503 g/mol. The quantitative estimate of drug-likeness (QED) is 0.333. The molecule has 5 rings (SSSR count). The molecule has 1 aliphatic rings. The Kier molecular flexibility index (Phi) is 6.97. The van der Waals surface area contributed by atoms with E-state index in [2.05, 4.69) is 43.2 Å². The summed E-state index contributed by atoms with van der Waals surface area (Å²) in [5.74, 6) is 0.254. The van der Waals surface area contributed by atoms with E-state index in [0.717, 1.165) is 44.2 Å². The number of hydrogen-bond donors (Lipinski definition) is 1. The van der Waals surface area contributed by atoms with E-state index in [9.17, 15) is 8.78 Å². The van der Waals surface area contributed by atoms with Crippen molar-refractivity contribution in [2.75, 3.05) is 25.0 Å². The van der Waals surface area contributed by atoms with Gasteiger partial charge in [0.15, 0.2) is 11.6 Å². The lowest BCUT2D eigenvalue weighted by Gasteiger charge is -2.26. The number of aryl methyl sites for hydroxylation is 1. The minimum atomic E-state index is -0.638. The fraction of sp³-hybridized carbons (Fsp3) is 0.357. The summed E-state index contributed by atoms with van der Waals surface area (Å²) in [4.78, 5) is 19.7. The van der Waals surface area contributed by atoms with Crippen LogP contribution in [0.5, 0.6) is 0 Å². The Morgan fingerprint density at radius 3 is 2.49 bits per heavy atom. The van der Waals surface area contributed by atoms with Crippen molar-refractivity contribution in [1.82, 2.24) is 29.4 Å². The molecule has 1 saturated heterocycles. The molecule has 3 aromatic heterocycles. The van der Waals surface area contributed by atoms with Crippen LogP contribution in [-0.4, -0.2) is 49.0 Å². The lowest BCUT2D eigenvalue weighted by molar-refractivity contribution is 0.270. The third kappa shape index (κ3) is 5.22. The van der Waals surface area contributed by atoms with Gasteiger partial charge < -0.3 is 14.8 Å². The maximum atomic E-state index is 14.9. The van der Waals surface area contributed by atoms with E-state index in [1.807, 2.05) is 37.5 Å². The number of benzene rings is 1. The van der Waals surface area contributed by atoms with Crippen molar-refractivity contribution in [3.05, 3.63) is 65.3 Å². The van der Waals surface area contributed by atoms with E-state index >= 15 is 0 Å². The Labute approximate surface area is 215 Å². The fourth-order valence-electron chi connectivity index (χ4n) is 4.90. The summed E-state index contributed by atoms with van der Waals surface area (Å²) in [7, 11) is 0. The van der Waals surface area contributed by atoms with Crippen LogP contribution < -0.4 is 5.32 Å². The Bertz CT molecular complexity index is 1450. The number of anilines is 2. The number of piperidine rings is 1.